The number of aliphatic imine (C=N–C) groups is 1. The molecule has 0 saturated carbocycles. The van der Waals surface area contributed by atoms with Gasteiger partial charge in [0.05, 0.1) is 36.8 Å². The Labute approximate surface area is 116 Å². The van der Waals surface area contributed by atoms with Crippen LogP contribution in [0.25, 0.3) is 0 Å². The molecule has 0 unspecified atom stereocenters. The summed E-state index contributed by atoms with van der Waals surface area (Å²) in [6, 6.07) is 0. The Morgan fingerprint density at radius 1 is 1.47 bits per heavy atom. The van der Waals surface area contributed by atoms with Crippen molar-refractivity contribution in [2.24, 2.45) is 4.99 Å². The van der Waals surface area contributed by atoms with E-state index in [1.165, 1.54) is 24.9 Å². The molecule has 0 N–H and O–H groups in total. The number of hydrogen-bond acceptors (Lipinski definition) is 6. The molecule has 0 aromatic carbocycles. The van der Waals surface area contributed by atoms with Crippen molar-refractivity contribution in [2.45, 2.75) is 19.6 Å². The SMILES string of the molecule is COC(=O)/C=C/C1=NCC(C)=C(C2(C)OCCO2)S1. The van der Waals surface area contributed by atoms with Crippen molar-refractivity contribution in [3.63, 3.8) is 0 Å². The van der Waals surface area contributed by atoms with Crippen LogP contribution >= 0.6 is 11.8 Å². The van der Waals surface area contributed by atoms with Crippen molar-refractivity contribution in [3.05, 3.63) is 22.6 Å². The van der Waals surface area contributed by atoms with Crippen LogP contribution in [0.15, 0.2) is 27.6 Å². The third kappa shape index (κ3) is 3.26. The van der Waals surface area contributed by atoms with Gasteiger partial charge in [0.25, 0.3) is 0 Å². The quantitative estimate of drug-likeness (QED) is 0.585. The number of thioether (sulfide) groups is 1. The highest BCUT2D eigenvalue weighted by molar-refractivity contribution is 8.17. The number of carbonyl (C=O) groups excluding carboxylic acids is 1. The monoisotopic (exact) mass is 283 g/mol. The summed E-state index contributed by atoms with van der Waals surface area (Å²) in [5, 5.41) is 0.756. The first-order chi connectivity index (χ1) is 9.05. The van der Waals surface area contributed by atoms with Crippen LogP contribution in [0.2, 0.25) is 0 Å². The lowest BCUT2D eigenvalue weighted by Gasteiger charge is -2.29. The van der Waals surface area contributed by atoms with E-state index in [4.69, 9.17) is 9.47 Å². The molecule has 0 amide bonds. The molecule has 0 aromatic heterocycles. The second-order valence-electron chi connectivity index (χ2n) is 4.37. The number of nitrogens with zero attached hydrogens (tertiary/aromatic N) is 1. The van der Waals surface area contributed by atoms with Crippen LogP contribution in [-0.2, 0) is 19.0 Å². The highest BCUT2D eigenvalue weighted by Crippen LogP contribution is 2.40. The first-order valence-corrected chi connectivity index (χ1v) is 6.83. The van der Waals surface area contributed by atoms with E-state index in [0.717, 1.165) is 15.5 Å². The van der Waals surface area contributed by atoms with Crippen molar-refractivity contribution in [3.8, 4) is 0 Å². The van der Waals surface area contributed by atoms with Gasteiger partial charge in [0.2, 0.25) is 0 Å². The molecule has 2 heterocycles. The maximum absolute atomic E-state index is 11.1. The van der Waals surface area contributed by atoms with E-state index in [0.29, 0.717) is 19.8 Å². The summed E-state index contributed by atoms with van der Waals surface area (Å²) in [6.07, 6.45) is 3.02. The molecule has 2 aliphatic rings. The van der Waals surface area contributed by atoms with Gasteiger partial charge in [0, 0.05) is 6.08 Å². The van der Waals surface area contributed by atoms with E-state index < -0.39 is 11.8 Å². The normalized spacial score (nSPS) is 22.8. The topological polar surface area (TPSA) is 57.1 Å². The lowest BCUT2D eigenvalue weighted by Crippen LogP contribution is -2.30. The van der Waals surface area contributed by atoms with E-state index in [2.05, 4.69) is 9.73 Å². The van der Waals surface area contributed by atoms with Crippen molar-refractivity contribution in [1.29, 1.82) is 0 Å². The van der Waals surface area contributed by atoms with Crippen LogP contribution in [0.1, 0.15) is 13.8 Å². The van der Waals surface area contributed by atoms with E-state index in [1.54, 1.807) is 6.08 Å². The molecular formula is C13H17NO4S. The van der Waals surface area contributed by atoms with Gasteiger partial charge in [0.1, 0.15) is 0 Å². The Kier molecular flexibility index (Phi) is 4.44. The van der Waals surface area contributed by atoms with Gasteiger partial charge in [-0.15, -0.1) is 0 Å². The minimum atomic E-state index is -0.685. The van der Waals surface area contributed by atoms with E-state index in [9.17, 15) is 4.79 Å². The number of hydrogen-bond donors (Lipinski definition) is 0. The number of methoxy groups -OCH3 is 1. The van der Waals surface area contributed by atoms with Gasteiger partial charge < -0.3 is 14.2 Å². The van der Waals surface area contributed by atoms with Gasteiger partial charge in [0.15, 0.2) is 5.79 Å². The predicted octanol–water partition coefficient (Wildman–Crippen LogP) is 1.90. The molecule has 0 atom stereocenters. The number of ether oxygens (including phenoxy) is 3. The second-order valence-corrected chi connectivity index (χ2v) is 5.40. The Bertz CT molecular complexity index is 461. The fraction of sp³-hybridized carbons (Fsp3) is 0.538. The molecule has 1 saturated heterocycles. The van der Waals surface area contributed by atoms with Crippen molar-refractivity contribution in [1.82, 2.24) is 0 Å². The number of esters is 1. The van der Waals surface area contributed by atoms with Crippen LogP contribution in [0.5, 0.6) is 0 Å². The smallest absolute Gasteiger partial charge is 0.330 e. The van der Waals surface area contributed by atoms with E-state index in [-0.39, 0.29) is 0 Å². The average molecular weight is 283 g/mol. The zero-order valence-corrected chi connectivity index (χ0v) is 12.1. The van der Waals surface area contributed by atoms with Gasteiger partial charge >= 0.3 is 5.97 Å². The average Bonchev–Trinajstić information content (AvgIpc) is 2.85. The first-order valence-electron chi connectivity index (χ1n) is 6.01. The first kappa shape index (κ1) is 14.3. The Morgan fingerprint density at radius 3 is 2.79 bits per heavy atom. The van der Waals surface area contributed by atoms with Crippen LogP contribution in [-0.4, -0.2) is 43.7 Å². The zero-order valence-electron chi connectivity index (χ0n) is 11.3. The third-order valence-corrected chi connectivity index (χ3v) is 4.28. The van der Waals surface area contributed by atoms with Crippen molar-refractivity contribution >= 4 is 22.8 Å². The van der Waals surface area contributed by atoms with Crippen molar-refractivity contribution < 1.29 is 19.0 Å². The lowest BCUT2D eigenvalue weighted by atomic mass is 10.2. The molecule has 1 fully saturated rings. The van der Waals surface area contributed by atoms with Crippen molar-refractivity contribution in [2.75, 3.05) is 26.9 Å². The largest absolute Gasteiger partial charge is 0.466 e. The minimum absolute atomic E-state index is 0.393. The van der Waals surface area contributed by atoms with Crippen LogP contribution in [0, 0.1) is 0 Å². The van der Waals surface area contributed by atoms with E-state index >= 15 is 0 Å². The number of rotatable bonds is 3. The molecule has 0 aromatic rings. The Hall–Kier alpha value is -1.11. The fourth-order valence-electron chi connectivity index (χ4n) is 1.91. The summed E-state index contributed by atoms with van der Waals surface area (Å²) in [6.45, 7) is 5.71. The standard InChI is InChI=1S/C13H17NO4S/c1-9-8-14-10(4-5-11(15)16-3)19-12(9)13(2)17-6-7-18-13/h4-5H,6-8H2,1-3H3/b5-4+. The van der Waals surface area contributed by atoms with Crippen LogP contribution in [0.3, 0.4) is 0 Å². The Balaban J connectivity index is 2.10. The summed E-state index contributed by atoms with van der Waals surface area (Å²) >= 11 is 1.47. The predicted molar refractivity (Wildman–Crippen MR) is 74.1 cm³/mol. The molecule has 2 rings (SSSR count). The summed E-state index contributed by atoms with van der Waals surface area (Å²) in [5.74, 6) is -1.08. The molecule has 0 radical (unpaired) electrons. The summed E-state index contributed by atoms with van der Waals surface area (Å²) in [7, 11) is 1.35. The van der Waals surface area contributed by atoms with E-state index in [1.807, 2.05) is 13.8 Å². The summed E-state index contributed by atoms with van der Waals surface area (Å²) in [4.78, 5) is 16.5. The summed E-state index contributed by atoms with van der Waals surface area (Å²) in [5.41, 5.74) is 1.13. The van der Waals surface area contributed by atoms with Gasteiger partial charge in [-0.3, -0.25) is 4.99 Å². The fourth-order valence-corrected chi connectivity index (χ4v) is 2.93. The lowest BCUT2D eigenvalue weighted by molar-refractivity contribution is -0.134. The van der Waals surface area contributed by atoms with Gasteiger partial charge in [-0.05, 0) is 25.5 Å². The minimum Gasteiger partial charge on any atom is -0.466 e. The van der Waals surface area contributed by atoms with Gasteiger partial charge in [-0.25, -0.2) is 4.79 Å². The molecule has 19 heavy (non-hydrogen) atoms. The molecule has 2 aliphatic heterocycles. The maximum atomic E-state index is 11.1. The van der Waals surface area contributed by atoms with Crippen LogP contribution < -0.4 is 0 Å². The maximum Gasteiger partial charge on any atom is 0.330 e. The third-order valence-electron chi connectivity index (χ3n) is 2.88. The zero-order chi connectivity index (χ0) is 13.9. The van der Waals surface area contributed by atoms with Crippen LogP contribution in [0.4, 0.5) is 0 Å². The molecule has 0 spiro atoms. The molecule has 0 aliphatic carbocycles. The second kappa shape index (κ2) is 5.90. The molecule has 104 valence electrons. The van der Waals surface area contributed by atoms with Gasteiger partial charge in [-0.2, -0.15) is 0 Å². The summed E-state index contributed by atoms with van der Waals surface area (Å²) < 4.78 is 15.9. The number of carbonyl (C=O) groups is 1. The van der Waals surface area contributed by atoms with Gasteiger partial charge in [-0.1, -0.05) is 11.8 Å². The molecular weight excluding hydrogens is 266 g/mol. The highest BCUT2D eigenvalue weighted by atomic mass is 32.2. The Morgan fingerprint density at radius 2 is 2.16 bits per heavy atom. The molecule has 6 heteroatoms. The highest BCUT2D eigenvalue weighted by Gasteiger charge is 2.38. The molecule has 0 bridgehead atoms. The molecule has 5 nitrogen and oxygen atoms in total.